The van der Waals surface area contributed by atoms with E-state index in [-0.39, 0.29) is 18.0 Å². The number of carbonyl (C=O) groups excluding carboxylic acids is 2. The number of nitrogens with zero attached hydrogens (tertiary/aromatic N) is 4. The van der Waals surface area contributed by atoms with E-state index in [0.29, 0.717) is 18.8 Å². The highest BCUT2D eigenvalue weighted by molar-refractivity contribution is 6.14. The molecule has 7 heteroatoms. The number of rotatable bonds is 2. The largest absolute Gasteiger partial charge is 0.337 e. The normalized spacial score (nSPS) is 15.0. The SMILES string of the molecule is CC(C)n1c2ccccc2c2c1cc(C(=O)N1CCCCO1)n2C(=O)N(C)C. The number of hydroxylamine groups is 2. The van der Waals surface area contributed by atoms with Crippen molar-refractivity contribution in [3.63, 3.8) is 0 Å². The molecule has 3 heterocycles. The molecule has 28 heavy (non-hydrogen) atoms. The summed E-state index contributed by atoms with van der Waals surface area (Å²) < 4.78 is 3.72. The highest BCUT2D eigenvalue weighted by atomic mass is 16.7. The number of fused-ring (bicyclic) bond motifs is 3. The van der Waals surface area contributed by atoms with Crippen LogP contribution in [0.15, 0.2) is 30.3 Å². The Balaban J connectivity index is 2.02. The third-order valence-corrected chi connectivity index (χ3v) is 5.20. The van der Waals surface area contributed by atoms with E-state index in [9.17, 15) is 9.59 Å². The summed E-state index contributed by atoms with van der Waals surface area (Å²) in [5.74, 6) is -0.273. The van der Waals surface area contributed by atoms with Gasteiger partial charge in [-0.15, -0.1) is 0 Å². The van der Waals surface area contributed by atoms with Gasteiger partial charge >= 0.3 is 6.03 Å². The molecule has 1 fully saturated rings. The lowest BCUT2D eigenvalue weighted by molar-refractivity contribution is -0.144. The summed E-state index contributed by atoms with van der Waals surface area (Å²) in [6.45, 7) is 5.27. The van der Waals surface area contributed by atoms with E-state index >= 15 is 0 Å². The van der Waals surface area contributed by atoms with Gasteiger partial charge in [0.15, 0.2) is 0 Å². The molecule has 1 saturated heterocycles. The van der Waals surface area contributed by atoms with E-state index < -0.39 is 0 Å². The molecule has 2 aromatic heterocycles. The second kappa shape index (κ2) is 6.98. The van der Waals surface area contributed by atoms with Gasteiger partial charge in [-0.05, 0) is 38.8 Å². The number of para-hydroxylation sites is 1. The Hall–Kier alpha value is -2.80. The van der Waals surface area contributed by atoms with Crippen molar-refractivity contribution < 1.29 is 14.4 Å². The van der Waals surface area contributed by atoms with Crippen LogP contribution in [0.4, 0.5) is 4.79 Å². The lowest BCUT2D eigenvalue weighted by atomic mass is 10.2. The minimum atomic E-state index is -0.273. The summed E-state index contributed by atoms with van der Waals surface area (Å²) in [7, 11) is 3.39. The molecule has 0 radical (unpaired) electrons. The summed E-state index contributed by atoms with van der Waals surface area (Å²) in [5.41, 5.74) is 3.04. The maximum Gasteiger partial charge on any atom is 0.328 e. The lowest BCUT2D eigenvalue weighted by Crippen LogP contribution is -2.38. The Kier molecular flexibility index (Phi) is 4.63. The van der Waals surface area contributed by atoms with Crippen LogP contribution in [0.5, 0.6) is 0 Å². The zero-order valence-electron chi connectivity index (χ0n) is 16.8. The molecule has 0 spiro atoms. The van der Waals surface area contributed by atoms with Gasteiger partial charge in [0.25, 0.3) is 5.91 Å². The Labute approximate surface area is 164 Å². The van der Waals surface area contributed by atoms with Crippen LogP contribution in [0.3, 0.4) is 0 Å². The first kappa shape index (κ1) is 18.6. The molecule has 7 nitrogen and oxygen atoms in total. The van der Waals surface area contributed by atoms with Gasteiger partial charge in [0.05, 0.1) is 23.2 Å². The van der Waals surface area contributed by atoms with Crippen LogP contribution in [0.2, 0.25) is 0 Å². The van der Waals surface area contributed by atoms with Crippen LogP contribution in [-0.2, 0) is 4.84 Å². The third kappa shape index (κ3) is 2.77. The zero-order chi connectivity index (χ0) is 20.0. The van der Waals surface area contributed by atoms with Crippen LogP contribution in [0, 0.1) is 0 Å². The lowest BCUT2D eigenvalue weighted by Gasteiger charge is -2.26. The molecule has 1 aliphatic heterocycles. The zero-order valence-corrected chi connectivity index (χ0v) is 16.8. The Morgan fingerprint density at radius 2 is 1.86 bits per heavy atom. The monoisotopic (exact) mass is 382 g/mol. The van der Waals surface area contributed by atoms with Crippen molar-refractivity contribution in [2.75, 3.05) is 27.2 Å². The van der Waals surface area contributed by atoms with E-state index in [1.807, 2.05) is 24.3 Å². The van der Waals surface area contributed by atoms with Gasteiger partial charge in [-0.2, -0.15) is 0 Å². The predicted octanol–water partition coefficient (Wildman–Crippen LogP) is 3.87. The van der Waals surface area contributed by atoms with Crippen LogP contribution >= 0.6 is 0 Å². The van der Waals surface area contributed by atoms with Crippen molar-refractivity contribution >= 4 is 33.9 Å². The number of hydrogen-bond donors (Lipinski definition) is 0. The molecule has 0 N–H and O–H groups in total. The van der Waals surface area contributed by atoms with Crippen molar-refractivity contribution in [3.8, 4) is 0 Å². The number of hydrogen-bond acceptors (Lipinski definition) is 3. The van der Waals surface area contributed by atoms with Crippen molar-refractivity contribution in [1.29, 1.82) is 0 Å². The van der Waals surface area contributed by atoms with Gasteiger partial charge in [0.2, 0.25) is 0 Å². The molecule has 1 aromatic carbocycles. The van der Waals surface area contributed by atoms with Crippen LogP contribution < -0.4 is 0 Å². The van der Waals surface area contributed by atoms with E-state index in [1.165, 1.54) is 14.5 Å². The Morgan fingerprint density at radius 1 is 1.11 bits per heavy atom. The first-order chi connectivity index (χ1) is 13.4. The summed E-state index contributed by atoms with van der Waals surface area (Å²) in [6.07, 6.45) is 1.83. The average molecular weight is 382 g/mol. The van der Waals surface area contributed by atoms with Gasteiger partial charge in [0, 0.05) is 32.1 Å². The molecule has 4 rings (SSSR count). The smallest absolute Gasteiger partial charge is 0.328 e. The van der Waals surface area contributed by atoms with Gasteiger partial charge < -0.3 is 9.47 Å². The quantitative estimate of drug-likeness (QED) is 0.676. The molecule has 0 atom stereocenters. The van der Waals surface area contributed by atoms with Crippen molar-refractivity contribution in [2.24, 2.45) is 0 Å². The summed E-state index contributed by atoms with van der Waals surface area (Å²) in [4.78, 5) is 33.4. The Morgan fingerprint density at radius 3 is 2.50 bits per heavy atom. The van der Waals surface area contributed by atoms with Crippen LogP contribution in [0.25, 0.3) is 21.9 Å². The van der Waals surface area contributed by atoms with E-state index in [4.69, 9.17) is 4.84 Å². The number of benzene rings is 1. The maximum absolute atomic E-state index is 13.2. The number of carbonyl (C=O) groups is 2. The molecule has 0 aliphatic carbocycles. The highest BCUT2D eigenvalue weighted by Gasteiger charge is 2.30. The Bertz CT molecular complexity index is 1050. The maximum atomic E-state index is 13.2. The molecule has 2 amide bonds. The molecule has 148 valence electrons. The first-order valence-electron chi connectivity index (χ1n) is 9.72. The van der Waals surface area contributed by atoms with Crippen LogP contribution in [-0.4, -0.2) is 58.3 Å². The topological polar surface area (TPSA) is 59.7 Å². The summed E-state index contributed by atoms with van der Waals surface area (Å²) >= 11 is 0. The van der Waals surface area contributed by atoms with Gasteiger partial charge in [-0.3, -0.25) is 14.2 Å². The molecule has 0 bridgehead atoms. The summed E-state index contributed by atoms with van der Waals surface area (Å²) in [6, 6.07) is 9.77. The standard InChI is InChI=1S/C21H26N4O3/c1-14(2)24-16-10-6-5-9-15(16)19-17(24)13-18(25(19)21(27)22(3)4)20(26)23-11-7-8-12-28-23/h5-6,9-10,13-14H,7-8,11-12H2,1-4H3. The fourth-order valence-electron chi connectivity index (χ4n) is 3.95. The van der Waals surface area contributed by atoms with Crippen molar-refractivity contribution in [1.82, 2.24) is 19.1 Å². The molecular weight excluding hydrogens is 356 g/mol. The predicted molar refractivity (Wildman–Crippen MR) is 109 cm³/mol. The second-order valence-electron chi connectivity index (χ2n) is 7.70. The van der Waals surface area contributed by atoms with Gasteiger partial charge in [0.1, 0.15) is 5.69 Å². The highest BCUT2D eigenvalue weighted by Crippen LogP contribution is 2.35. The second-order valence-corrected chi connectivity index (χ2v) is 7.70. The molecule has 0 unspecified atom stereocenters. The van der Waals surface area contributed by atoms with E-state index in [2.05, 4.69) is 24.5 Å². The fourth-order valence-corrected chi connectivity index (χ4v) is 3.95. The number of aromatic nitrogens is 2. The van der Waals surface area contributed by atoms with Gasteiger partial charge in [-0.1, -0.05) is 18.2 Å². The molecular formula is C21H26N4O3. The van der Waals surface area contributed by atoms with Crippen molar-refractivity contribution in [3.05, 3.63) is 36.0 Å². The molecule has 3 aromatic rings. The summed E-state index contributed by atoms with van der Waals surface area (Å²) in [5, 5.41) is 2.35. The first-order valence-corrected chi connectivity index (χ1v) is 9.72. The average Bonchev–Trinajstić information content (AvgIpc) is 3.21. The van der Waals surface area contributed by atoms with Crippen LogP contribution in [0.1, 0.15) is 43.2 Å². The molecule has 1 aliphatic rings. The van der Waals surface area contributed by atoms with E-state index in [0.717, 1.165) is 34.8 Å². The van der Waals surface area contributed by atoms with Gasteiger partial charge in [-0.25, -0.2) is 9.86 Å². The molecule has 0 saturated carbocycles. The fraction of sp³-hybridized carbons (Fsp3) is 0.429. The van der Waals surface area contributed by atoms with Crippen molar-refractivity contribution in [2.45, 2.75) is 32.7 Å². The number of amides is 2. The third-order valence-electron chi connectivity index (χ3n) is 5.20. The van der Waals surface area contributed by atoms with E-state index in [1.54, 1.807) is 14.1 Å². The minimum Gasteiger partial charge on any atom is -0.337 e. The minimum absolute atomic E-state index is 0.182.